The summed E-state index contributed by atoms with van der Waals surface area (Å²) in [6.07, 6.45) is 0. The third-order valence-electron chi connectivity index (χ3n) is 4.08. The summed E-state index contributed by atoms with van der Waals surface area (Å²) in [6, 6.07) is 30.7. The molecule has 0 spiro atoms. The number of aliphatic hydroxyl groups is 2. The molecule has 196 valence electrons. The molecule has 7 nitrogen and oxygen atoms in total. The second-order valence-electron chi connectivity index (χ2n) is 6.73. The molecule has 3 aromatic rings. The number of rotatable bonds is 9. The Bertz CT molecular complexity index is 786. The van der Waals surface area contributed by atoms with Gasteiger partial charge in [0.15, 0.2) is 0 Å². The van der Waals surface area contributed by atoms with Crippen LogP contribution in [0.5, 0.6) is 0 Å². The summed E-state index contributed by atoms with van der Waals surface area (Å²) in [4.78, 5) is 13.5. The van der Waals surface area contributed by atoms with Gasteiger partial charge >= 0.3 is 103 Å². The summed E-state index contributed by atoms with van der Waals surface area (Å²) in [5.41, 5.74) is 8.51. The van der Waals surface area contributed by atoms with Gasteiger partial charge in [0.1, 0.15) is 0 Å². The van der Waals surface area contributed by atoms with E-state index in [1.165, 1.54) is 16.7 Å². The molecule has 0 aliphatic heterocycles. The topological polar surface area (TPSA) is 119 Å². The minimum Gasteiger partial charge on any atom is -1.00 e. The Hall–Kier alpha value is 0.493. The van der Waals surface area contributed by atoms with Crippen LogP contribution in [-0.4, -0.2) is 47.9 Å². The number of carbonyl (C=O) groups excluding carboxylic acids is 1. The average Bonchev–Trinajstić information content (AvgIpc) is 2.91. The van der Waals surface area contributed by atoms with E-state index in [9.17, 15) is 0 Å². The van der Waals surface area contributed by atoms with E-state index >= 15 is 0 Å². The van der Waals surface area contributed by atoms with Crippen LogP contribution in [0.25, 0.3) is 0 Å². The molecule has 0 atom stereocenters. The number of halogens is 1. The van der Waals surface area contributed by atoms with Crippen molar-refractivity contribution in [1.29, 1.82) is 0 Å². The number of hydrogen-bond acceptors (Lipinski definition) is 7. The van der Waals surface area contributed by atoms with Gasteiger partial charge in [-0.2, -0.15) is 0 Å². The summed E-state index contributed by atoms with van der Waals surface area (Å²) in [5, 5.41) is 25.3. The Morgan fingerprint density at radius 2 is 1.14 bits per heavy atom. The predicted octanol–water partition coefficient (Wildman–Crippen LogP) is -2.76. The molecule has 0 saturated carbocycles. The van der Waals surface area contributed by atoms with Gasteiger partial charge in [0, 0.05) is 32.1 Å². The molecular formula is C27H39ClK2N2O5. The number of aliphatic hydroxyl groups excluding tert-OH is 2. The van der Waals surface area contributed by atoms with Gasteiger partial charge in [-0.05, 0) is 16.7 Å². The summed E-state index contributed by atoms with van der Waals surface area (Å²) in [5.74, 6) is 0.612. The van der Waals surface area contributed by atoms with Crippen molar-refractivity contribution >= 4 is 18.1 Å². The van der Waals surface area contributed by atoms with Crippen molar-refractivity contribution in [2.45, 2.75) is 26.4 Å². The summed E-state index contributed by atoms with van der Waals surface area (Å²) >= 11 is 5.53. The fraction of sp³-hybridized carbons (Fsp3) is 0.296. The number of alkyl halides is 1. The third-order valence-corrected chi connectivity index (χ3v) is 4.39. The molecule has 10 heteroatoms. The van der Waals surface area contributed by atoms with E-state index in [4.69, 9.17) is 37.6 Å². The van der Waals surface area contributed by atoms with Gasteiger partial charge in [0.2, 0.25) is 0 Å². The maximum atomic E-state index is 9.15. The molecule has 0 fully saturated rings. The fourth-order valence-electron chi connectivity index (χ4n) is 2.61. The minimum atomic E-state index is -0.181. The van der Waals surface area contributed by atoms with Gasteiger partial charge in [0.25, 0.3) is 6.47 Å². The number of nitrogens with two attached hydrogens (primary N) is 1. The Labute approximate surface area is 313 Å². The van der Waals surface area contributed by atoms with Crippen LogP contribution in [0.15, 0.2) is 91.0 Å². The van der Waals surface area contributed by atoms with E-state index in [2.05, 4.69) is 58.3 Å². The average molecular weight is 585 g/mol. The summed E-state index contributed by atoms with van der Waals surface area (Å²) in [7, 11) is 0. The molecule has 0 saturated heterocycles. The Kier molecular flexibility index (Phi) is 41.5. The third kappa shape index (κ3) is 27.8. The van der Waals surface area contributed by atoms with E-state index in [0.29, 0.717) is 19.0 Å². The minimum absolute atomic E-state index is 0. The molecule has 0 aliphatic rings. The van der Waals surface area contributed by atoms with Gasteiger partial charge in [-0.25, -0.2) is 0 Å². The van der Waals surface area contributed by atoms with Gasteiger partial charge < -0.3 is 27.5 Å². The number of nitrogens with zero attached hydrogens (tertiary/aromatic N) is 1. The standard InChI is InChI=1S/C16H19NO.C7H7Cl.C2H7NO.CH2O3.CH4.2K.H/c18-12-11-17(13-15-7-3-1-4-8-15)14-16-9-5-2-6-10-16;8-6-7-4-2-1-3-5-7;3-1-2-4;2-1-4-3;;;;/h1-10,18H,11-14H2;1-5H,6H2;4H,1-3H2;1,3H;1H4;;;/q;;;;;2*+1;-1/p-1. The number of hydrogen-bond donors (Lipinski definition) is 3. The monoisotopic (exact) mass is 584 g/mol. The van der Waals surface area contributed by atoms with Crippen LogP contribution < -0.4 is 114 Å². The Morgan fingerprint density at radius 1 is 0.811 bits per heavy atom. The fourth-order valence-corrected chi connectivity index (χ4v) is 2.78. The molecule has 0 amide bonds. The molecule has 4 N–H and O–H groups in total. The van der Waals surface area contributed by atoms with Gasteiger partial charge in [-0.3, -0.25) is 9.69 Å². The van der Waals surface area contributed by atoms with Crippen LogP contribution in [0.2, 0.25) is 0 Å². The second-order valence-corrected chi connectivity index (χ2v) is 7.00. The summed E-state index contributed by atoms with van der Waals surface area (Å²) < 4.78 is 0. The van der Waals surface area contributed by atoms with E-state index in [1.807, 2.05) is 42.5 Å². The molecule has 0 aromatic heterocycles. The number of benzene rings is 3. The molecule has 3 aromatic carbocycles. The number of carbonyl (C=O) groups is 1. The largest absolute Gasteiger partial charge is 1.00 e. The van der Waals surface area contributed by atoms with Crippen LogP contribution in [-0.2, 0) is 28.7 Å². The molecule has 0 aliphatic carbocycles. The molecular weight excluding hydrogens is 546 g/mol. The van der Waals surface area contributed by atoms with Crippen LogP contribution >= 0.6 is 11.6 Å². The van der Waals surface area contributed by atoms with Crippen molar-refractivity contribution < 1.29 is 129 Å². The van der Waals surface area contributed by atoms with Crippen molar-refractivity contribution in [3.05, 3.63) is 108 Å². The first-order chi connectivity index (χ1) is 16.6. The molecule has 0 radical (unpaired) electrons. The zero-order valence-electron chi connectivity index (χ0n) is 22.2. The maximum absolute atomic E-state index is 9.15. The molecule has 3 rings (SSSR count). The zero-order valence-corrected chi connectivity index (χ0v) is 28.2. The SMILES string of the molecule is C.ClCc1ccccc1.NCCO.O=CO[O-].OCCN(Cc1ccccc1)Cc1ccccc1.[H-].[K+].[K+]. The zero-order chi connectivity index (χ0) is 25.3. The van der Waals surface area contributed by atoms with Gasteiger partial charge in [-0.15, -0.1) is 11.6 Å². The van der Waals surface area contributed by atoms with Gasteiger partial charge in [0.05, 0.1) is 13.2 Å². The predicted molar refractivity (Wildman–Crippen MR) is 141 cm³/mol. The Morgan fingerprint density at radius 3 is 1.35 bits per heavy atom. The normalized spacial score (nSPS) is 8.59. The van der Waals surface area contributed by atoms with Crippen LogP contribution in [0.3, 0.4) is 0 Å². The quantitative estimate of drug-likeness (QED) is 0.0819. The van der Waals surface area contributed by atoms with Crippen molar-refractivity contribution in [2.75, 3.05) is 26.3 Å². The van der Waals surface area contributed by atoms with Crippen LogP contribution in [0.1, 0.15) is 25.5 Å². The first kappa shape index (κ1) is 44.5. The van der Waals surface area contributed by atoms with Gasteiger partial charge in [-0.1, -0.05) is 98.4 Å². The van der Waals surface area contributed by atoms with Crippen molar-refractivity contribution in [1.82, 2.24) is 4.90 Å². The van der Waals surface area contributed by atoms with Crippen molar-refractivity contribution in [2.24, 2.45) is 5.73 Å². The van der Waals surface area contributed by atoms with Crippen LogP contribution in [0.4, 0.5) is 0 Å². The molecule has 0 bridgehead atoms. The van der Waals surface area contributed by atoms with Crippen molar-refractivity contribution in [3.63, 3.8) is 0 Å². The molecule has 0 unspecified atom stereocenters. The molecule has 37 heavy (non-hydrogen) atoms. The van der Waals surface area contributed by atoms with Crippen LogP contribution in [0, 0.1) is 0 Å². The van der Waals surface area contributed by atoms with E-state index in [-0.39, 0.29) is 131 Å². The van der Waals surface area contributed by atoms with E-state index < -0.39 is 0 Å². The first-order valence-electron chi connectivity index (χ1n) is 10.7. The first-order valence-corrected chi connectivity index (χ1v) is 11.2. The van der Waals surface area contributed by atoms with E-state index in [1.54, 1.807) is 0 Å². The summed E-state index contributed by atoms with van der Waals surface area (Å²) in [6.45, 7) is 2.93. The maximum Gasteiger partial charge on any atom is 1.00 e. The second kappa shape index (κ2) is 34.5. The molecule has 0 heterocycles. The van der Waals surface area contributed by atoms with E-state index in [0.717, 1.165) is 13.1 Å². The smallest absolute Gasteiger partial charge is 1.00 e. The Balaban J connectivity index is -0.000000153. The van der Waals surface area contributed by atoms with Crippen molar-refractivity contribution in [3.8, 4) is 0 Å².